The molecule has 7 heteroatoms. The highest BCUT2D eigenvalue weighted by atomic mass is 35.5. The zero-order valence-electron chi connectivity index (χ0n) is 12.3. The van der Waals surface area contributed by atoms with Gasteiger partial charge in [-0.15, -0.1) is 0 Å². The number of hydrogen-bond donors (Lipinski definition) is 2. The van der Waals surface area contributed by atoms with Crippen molar-refractivity contribution in [2.45, 2.75) is 6.61 Å². The van der Waals surface area contributed by atoms with Gasteiger partial charge in [-0.2, -0.15) is 5.10 Å². The van der Waals surface area contributed by atoms with Gasteiger partial charge in [0.15, 0.2) is 5.11 Å². The molecule has 0 radical (unpaired) electrons. The number of rotatable bonds is 5. The van der Waals surface area contributed by atoms with Gasteiger partial charge in [-0.3, -0.25) is 5.43 Å². The number of benzene rings is 2. The fraction of sp³-hybridized carbons (Fsp3) is 0.125. The number of para-hydroxylation sites is 1. The average Bonchev–Trinajstić information content (AvgIpc) is 2.55. The van der Waals surface area contributed by atoms with E-state index in [0.29, 0.717) is 27.5 Å². The second-order valence-corrected chi connectivity index (χ2v) is 5.76. The van der Waals surface area contributed by atoms with Crippen molar-refractivity contribution in [1.29, 1.82) is 0 Å². The summed E-state index contributed by atoms with van der Waals surface area (Å²) in [6, 6.07) is 12.9. The van der Waals surface area contributed by atoms with E-state index >= 15 is 0 Å². The first-order valence-corrected chi connectivity index (χ1v) is 7.93. The minimum atomic E-state index is 0.337. The molecule has 0 saturated carbocycles. The molecule has 0 fully saturated rings. The number of hydrogen-bond acceptors (Lipinski definition) is 3. The van der Waals surface area contributed by atoms with Crippen molar-refractivity contribution < 1.29 is 4.74 Å². The lowest BCUT2D eigenvalue weighted by molar-refractivity contribution is 0.306. The molecule has 0 heterocycles. The number of halogens is 2. The molecular formula is C16H15Cl2N3OS. The van der Waals surface area contributed by atoms with E-state index < -0.39 is 0 Å². The van der Waals surface area contributed by atoms with Crippen molar-refractivity contribution in [1.82, 2.24) is 10.7 Å². The van der Waals surface area contributed by atoms with E-state index in [1.165, 1.54) is 0 Å². The third-order valence-electron chi connectivity index (χ3n) is 2.91. The lowest BCUT2D eigenvalue weighted by Gasteiger charge is -2.10. The van der Waals surface area contributed by atoms with E-state index in [-0.39, 0.29) is 0 Å². The van der Waals surface area contributed by atoms with Gasteiger partial charge in [0.25, 0.3) is 0 Å². The normalized spacial score (nSPS) is 10.6. The van der Waals surface area contributed by atoms with Crippen LogP contribution >= 0.6 is 35.4 Å². The van der Waals surface area contributed by atoms with Crippen molar-refractivity contribution in [2.24, 2.45) is 5.10 Å². The van der Waals surface area contributed by atoms with Crippen LogP contribution in [0.15, 0.2) is 47.6 Å². The molecule has 2 aromatic rings. The van der Waals surface area contributed by atoms with E-state index in [4.69, 9.17) is 40.2 Å². The Kier molecular flexibility index (Phi) is 6.65. The lowest BCUT2D eigenvalue weighted by Crippen LogP contribution is -2.28. The maximum absolute atomic E-state index is 6.15. The molecule has 23 heavy (non-hydrogen) atoms. The topological polar surface area (TPSA) is 45.7 Å². The van der Waals surface area contributed by atoms with Gasteiger partial charge >= 0.3 is 0 Å². The minimum absolute atomic E-state index is 0.337. The minimum Gasteiger partial charge on any atom is -0.488 e. The summed E-state index contributed by atoms with van der Waals surface area (Å²) >= 11 is 17.0. The van der Waals surface area contributed by atoms with Gasteiger partial charge in [-0.25, -0.2) is 0 Å². The molecule has 0 aliphatic heterocycles. The standard InChI is InChI=1S/C16H15Cl2N3OS/c1-19-16(23)21-20-9-11-4-2-3-5-15(11)22-10-12-6-7-13(17)8-14(12)18/h2-9H,10H2,1H3,(H2,19,21,23)/b20-9+. The Hall–Kier alpha value is -1.82. The summed E-state index contributed by atoms with van der Waals surface area (Å²) in [4.78, 5) is 0. The summed E-state index contributed by atoms with van der Waals surface area (Å²) in [5.41, 5.74) is 4.38. The smallest absolute Gasteiger partial charge is 0.186 e. The molecular weight excluding hydrogens is 353 g/mol. The lowest BCUT2D eigenvalue weighted by atomic mass is 10.2. The number of nitrogens with zero attached hydrogens (tertiary/aromatic N) is 1. The van der Waals surface area contributed by atoms with Crippen LogP contribution in [0.4, 0.5) is 0 Å². The monoisotopic (exact) mass is 367 g/mol. The van der Waals surface area contributed by atoms with Gasteiger partial charge in [0.1, 0.15) is 12.4 Å². The van der Waals surface area contributed by atoms with Crippen LogP contribution in [-0.4, -0.2) is 18.4 Å². The second kappa shape index (κ2) is 8.72. The summed E-state index contributed by atoms with van der Waals surface area (Å²) in [5.74, 6) is 0.694. The summed E-state index contributed by atoms with van der Waals surface area (Å²) in [7, 11) is 1.72. The Morgan fingerprint density at radius 2 is 2.04 bits per heavy atom. The van der Waals surface area contributed by atoms with Crippen molar-refractivity contribution in [3.63, 3.8) is 0 Å². The third kappa shape index (κ3) is 5.39. The maximum atomic E-state index is 6.15. The summed E-state index contributed by atoms with van der Waals surface area (Å²) in [5, 5.41) is 8.43. The molecule has 0 amide bonds. The molecule has 2 rings (SSSR count). The molecule has 0 aliphatic rings. The SMILES string of the molecule is CNC(=S)N/N=C/c1ccccc1OCc1ccc(Cl)cc1Cl. The van der Waals surface area contributed by atoms with E-state index in [1.54, 1.807) is 25.4 Å². The zero-order valence-corrected chi connectivity index (χ0v) is 14.7. The fourth-order valence-corrected chi connectivity index (χ4v) is 2.24. The van der Waals surface area contributed by atoms with Crippen molar-refractivity contribution in [2.75, 3.05) is 7.05 Å². The fourth-order valence-electron chi connectivity index (χ4n) is 1.73. The Bertz CT molecular complexity index is 722. The molecule has 0 aromatic heterocycles. The number of thiocarbonyl (C=S) groups is 1. The van der Waals surface area contributed by atoms with Crippen LogP contribution in [0.2, 0.25) is 10.0 Å². The van der Waals surface area contributed by atoms with E-state index in [2.05, 4.69) is 15.8 Å². The van der Waals surface area contributed by atoms with Gasteiger partial charge < -0.3 is 10.1 Å². The summed E-state index contributed by atoms with van der Waals surface area (Å²) in [6.07, 6.45) is 1.64. The van der Waals surface area contributed by atoms with Gasteiger partial charge in [-0.1, -0.05) is 41.4 Å². The maximum Gasteiger partial charge on any atom is 0.186 e. The molecule has 0 bridgehead atoms. The molecule has 120 valence electrons. The predicted octanol–water partition coefficient (Wildman–Crippen LogP) is 4.00. The first kappa shape index (κ1) is 17.5. The van der Waals surface area contributed by atoms with Crippen LogP contribution in [0.1, 0.15) is 11.1 Å². The number of ether oxygens (including phenoxy) is 1. The van der Waals surface area contributed by atoms with Crippen molar-refractivity contribution in [3.05, 3.63) is 63.6 Å². The van der Waals surface area contributed by atoms with Gasteiger partial charge in [-0.05, 0) is 36.5 Å². The number of hydrazone groups is 1. The van der Waals surface area contributed by atoms with Gasteiger partial charge in [0.05, 0.1) is 6.21 Å². The Morgan fingerprint density at radius 1 is 1.26 bits per heavy atom. The zero-order chi connectivity index (χ0) is 16.7. The van der Waals surface area contributed by atoms with Gasteiger partial charge in [0.2, 0.25) is 0 Å². The quantitative estimate of drug-likeness (QED) is 0.476. The Morgan fingerprint density at radius 3 is 2.78 bits per heavy atom. The Labute approximate surface area is 150 Å². The molecule has 2 N–H and O–H groups in total. The molecule has 2 aromatic carbocycles. The van der Waals surface area contributed by atoms with Gasteiger partial charge in [0, 0.05) is 28.2 Å². The van der Waals surface area contributed by atoms with E-state index in [1.807, 2.05) is 30.3 Å². The van der Waals surface area contributed by atoms with E-state index in [0.717, 1.165) is 11.1 Å². The Balaban J connectivity index is 2.06. The van der Waals surface area contributed by atoms with Crippen LogP contribution in [0.3, 0.4) is 0 Å². The van der Waals surface area contributed by atoms with Crippen LogP contribution < -0.4 is 15.5 Å². The molecule has 0 saturated heterocycles. The van der Waals surface area contributed by atoms with E-state index in [9.17, 15) is 0 Å². The van der Waals surface area contributed by atoms with Crippen LogP contribution in [0, 0.1) is 0 Å². The molecule has 0 spiro atoms. The van der Waals surface area contributed by atoms with Crippen LogP contribution in [0.5, 0.6) is 5.75 Å². The van der Waals surface area contributed by atoms with Crippen molar-refractivity contribution >= 4 is 46.7 Å². The second-order valence-electron chi connectivity index (χ2n) is 4.51. The highest BCUT2D eigenvalue weighted by Crippen LogP contribution is 2.23. The largest absolute Gasteiger partial charge is 0.488 e. The predicted molar refractivity (Wildman–Crippen MR) is 99.6 cm³/mol. The first-order chi connectivity index (χ1) is 11.1. The molecule has 4 nitrogen and oxygen atoms in total. The van der Waals surface area contributed by atoms with Crippen molar-refractivity contribution in [3.8, 4) is 5.75 Å². The molecule has 0 atom stereocenters. The summed E-state index contributed by atoms with van der Waals surface area (Å²) in [6.45, 7) is 0.337. The third-order valence-corrected chi connectivity index (χ3v) is 3.80. The highest BCUT2D eigenvalue weighted by molar-refractivity contribution is 7.80. The molecule has 0 unspecified atom stereocenters. The first-order valence-electron chi connectivity index (χ1n) is 6.76. The average molecular weight is 368 g/mol. The summed E-state index contributed by atoms with van der Waals surface area (Å²) < 4.78 is 5.83. The highest BCUT2D eigenvalue weighted by Gasteiger charge is 2.05. The van der Waals surface area contributed by atoms with Crippen LogP contribution in [0.25, 0.3) is 0 Å². The molecule has 0 aliphatic carbocycles. The van der Waals surface area contributed by atoms with Crippen LogP contribution in [-0.2, 0) is 6.61 Å². The number of nitrogens with one attached hydrogen (secondary N) is 2.